The summed E-state index contributed by atoms with van der Waals surface area (Å²) in [5.74, 6) is 0. The molecule has 0 aliphatic rings. The Morgan fingerprint density at radius 1 is 0.388 bits per heavy atom. The summed E-state index contributed by atoms with van der Waals surface area (Å²) in [5, 5.41) is 10.5. The van der Waals surface area contributed by atoms with Crippen LogP contribution in [0.2, 0.25) is 0 Å². The third kappa shape index (κ3) is 5.80. The zero-order valence-corrected chi connectivity index (χ0v) is 28.8. The first-order valence-electron chi connectivity index (χ1n) is 18.3. The van der Waals surface area contributed by atoms with Crippen LogP contribution in [-0.2, 0) is 6.42 Å². The third-order valence-corrected chi connectivity index (χ3v) is 10.7. The topological polar surface area (TPSA) is 0 Å². The van der Waals surface area contributed by atoms with Crippen molar-refractivity contribution in [3.63, 3.8) is 0 Å². The number of rotatable bonds is 10. The molecule has 0 heteroatoms. The second kappa shape index (κ2) is 13.7. The molecule has 0 radical (unpaired) electrons. The standard InChI is InChI=1S/C49H44/c1-3-4-5-6-7-8-19-38-33-47(42-23-12-11-21-39(42)34(38)2)49-45-26-15-13-24-43(45)48(44-25-14-16-27-46(44)49)37-31-29-36(30-32-37)41-28-17-20-35-18-9-10-22-40(35)41/h9-18,20-33H,3-8,19H2,1-2H3. The monoisotopic (exact) mass is 632 g/mol. The second-order valence-corrected chi connectivity index (χ2v) is 13.7. The number of aryl methyl sites for hydroxylation is 2. The van der Waals surface area contributed by atoms with E-state index in [0.29, 0.717) is 0 Å². The van der Waals surface area contributed by atoms with Gasteiger partial charge < -0.3 is 0 Å². The predicted molar refractivity (Wildman–Crippen MR) is 215 cm³/mol. The normalized spacial score (nSPS) is 11.6. The van der Waals surface area contributed by atoms with Gasteiger partial charge in [-0.2, -0.15) is 0 Å². The van der Waals surface area contributed by atoms with Gasteiger partial charge in [0.1, 0.15) is 0 Å². The molecule has 0 heterocycles. The first-order chi connectivity index (χ1) is 24.2. The van der Waals surface area contributed by atoms with Gasteiger partial charge in [0.15, 0.2) is 0 Å². The van der Waals surface area contributed by atoms with E-state index in [0.717, 1.165) is 6.42 Å². The van der Waals surface area contributed by atoms with E-state index in [4.69, 9.17) is 0 Å². The molecule has 8 aromatic rings. The predicted octanol–water partition coefficient (Wildman–Crippen LogP) is 14.5. The number of hydrogen-bond donors (Lipinski definition) is 0. The van der Waals surface area contributed by atoms with E-state index >= 15 is 0 Å². The minimum absolute atomic E-state index is 1.13. The Bertz CT molecular complexity index is 2360. The van der Waals surface area contributed by atoms with Gasteiger partial charge in [0.05, 0.1) is 0 Å². The van der Waals surface area contributed by atoms with E-state index in [9.17, 15) is 0 Å². The molecular formula is C49H44. The van der Waals surface area contributed by atoms with Gasteiger partial charge in [-0.05, 0) is 107 Å². The maximum Gasteiger partial charge on any atom is -0.00200 e. The van der Waals surface area contributed by atoms with E-state index in [1.54, 1.807) is 0 Å². The van der Waals surface area contributed by atoms with Gasteiger partial charge >= 0.3 is 0 Å². The molecule has 0 amide bonds. The minimum Gasteiger partial charge on any atom is -0.0654 e. The quantitative estimate of drug-likeness (QED) is 0.104. The van der Waals surface area contributed by atoms with E-state index < -0.39 is 0 Å². The molecule has 240 valence electrons. The maximum atomic E-state index is 2.54. The van der Waals surface area contributed by atoms with Gasteiger partial charge in [-0.15, -0.1) is 0 Å². The van der Waals surface area contributed by atoms with Crippen molar-refractivity contribution in [2.75, 3.05) is 0 Å². The van der Waals surface area contributed by atoms with Gasteiger partial charge in [-0.1, -0.05) is 185 Å². The van der Waals surface area contributed by atoms with Crippen molar-refractivity contribution in [2.45, 2.75) is 58.8 Å². The molecule has 0 saturated carbocycles. The Kier molecular flexibility index (Phi) is 8.71. The Morgan fingerprint density at radius 2 is 0.898 bits per heavy atom. The molecule has 0 aliphatic heterocycles. The molecule has 0 unspecified atom stereocenters. The SMILES string of the molecule is CCCCCCCCc1cc(-c2c3ccccc3c(-c3ccc(-c4cccc5ccccc45)cc3)c3ccccc23)c2ccccc2c1C. The molecular weight excluding hydrogens is 589 g/mol. The molecule has 0 atom stereocenters. The van der Waals surface area contributed by atoms with Crippen molar-refractivity contribution in [3.8, 4) is 33.4 Å². The highest BCUT2D eigenvalue weighted by molar-refractivity contribution is 6.23. The zero-order chi connectivity index (χ0) is 33.2. The Balaban J connectivity index is 1.29. The molecule has 0 fully saturated rings. The lowest BCUT2D eigenvalue weighted by Crippen LogP contribution is -1.97. The van der Waals surface area contributed by atoms with Crippen LogP contribution in [0.3, 0.4) is 0 Å². The van der Waals surface area contributed by atoms with Crippen LogP contribution < -0.4 is 0 Å². The second-order valence-electron chi connectivity index (χ2n) is 13.7. The molecule has 0 saturated heterocycles. The van der Waals surface area contributed by atoms with Crippen LogP contribution in [0.4, 0.5) is 0 Å². The summed E-state index contributed by atoms with van der Waals surface area (Å²) in [4.78, 5) is 0. The van der Waals surface area contributed by atoms with Gasteiger partial charge in [0.25, 0.3) is 0 Å². The summed E-state index contributed by atoms with van der Waals surface area (Å²) in [6.07, 6.45) is 9.03. The minimum atomic E-state index is 1.13. The first kappa shape index (κ1) is 31.1. The maximum absolute atomic E-state index is 2.54. The van der Waals surface area contributed by atoms with Gasteiger partial charge in [0.2, 0.25) is 0 Å². The van der Waals surface area contributed by atoms with E-state index in [1.165, 1.54) is 126 Å². The van der Waals surface area contributed by atoms with Gasteiger partial charge in [0, 0.05) is 0 Å². The average Bonchev–Trinajstić information content (AvgIpc) is 3.16. The lowest BCUT2D eigenvalue weighted by Gasteiger charge is -2.21. The lowest BCUT2D eigenvalue weighted by molar-refractivity contribution is 0.607. The first-order valence-corrected chi connectivity index (χ1v) is 18.3. The number of fused-ring (bicyclic) bond motifs is 4. The van der Waals surface area contributed by atoms with Gasteiger partial charge in [-0.25, -0.2) is 0 Å². The van der Waals surface area contributed by atoms with Crippen molar-refractivity contribution in [1.82, 2.24) is 0 Å². The van der Waals surface area contributed by atoms with Crippen molar-refractivity contribution in [1.29, 1.82) is 0 Å². The molecule has 0 aliphatic carbocycles. The van der Waals surface area contributed by atoms with Crippen molar-refractivity contribution in [3.05, 3.63) is 157 Å². The van der Waals surface area contributed by atoms with Crippen LogP contribution in [0, 0.1) is 6.92 Å². The summed E-state index contributed by atoms with van der Waals surface area (Å²) in [5.41, 5.74) is 10.7. The molecule has 0 aromatic heterocycles. The highest BCUT2D eigenvalue weighted by atomic mass is 14.2. The van der Waals surface area contributed by atoms with Crippen LogP contribution in [0.25, 0.3) is 76.5 Å². The fourth-order valence-electron chi connectivity index (χ4n) is 8.16. The highest BCUT2D eigenvalue weighted by Crippen LogP contribution is 2.46. The Hall–Kier alpha value is -5.20. The van der Waals surface area contributed by atoms with E-state index in [1.807, 2.05) is 0 Å². The number of unbranched alkanes of at least 4 members (excludes halogenated alkanes) is 5. The van der Waals surface area contributed by atoms with Crippen LogP contribution >= 0.6 is 0 Å². The molecule has 0 spiro atoms. The van der Waals surface area contributed by atoms with Crippen LogP contribution in [0.1, 0.15) is 56.6 Å². The summed E-state index contributed by atoms with van der Waals surface area (Å²) in [6, 6.07) is 54.3. The average molecular weight is 633 g/mol. The van der Waals surface area contributed by atoms with Crippen LogP contribution in [0.5, 0.6) is 0 Å². The van der Waals surface area contributed by atoms with Gasteiger partial charge in [-0.3, -0.25) is 0 Å². The smallest absolute Gasteiger partial charge is 0.00200 e. The molecule has 8 rings (SSSR count). The Morgan fingerprint density at radius 3 is 1.57 bits per heavy atom. The van der Waals surface area contributed by atoms with Crippen molar-refractivity contribution >= 4 is 43.1 Å². The zero-order valence-electron chi connectivity index (χ0n) is 28.8. The summed E-state index contributed by atoms with van der Waals surface area (Å²) >= 11 is 0. The number of benzene rings is 8. The summed E-state index contributed by atoms with van der Waals surface area (Å²) in [6.45, 7) is 4.63. The Labute approximate surface area is 291 Å². The molecule has 0 nitrogen and oxygen atoms in total. The molecule has 0 N–H and O–H groups in total. The lowest BCUT2D eigenvalue weighted by atomic mass is 9.82. The van der Waals surface area contributed by atoms with E-state index in [-0.39, 0.29) is 0 Å². The summed E-state index contributed by atoms with van der Waals surface area (Å²) in [7, 11) is 0. The molecule has 0 bridgehead atoms. The van der Waals surface area contributed by atoms with Crippen molar-refractivity contribution < 1.29 is 0 Å². The molecule has 49 heavy (non-hydrogen) atoms. The largest absolute Gasteiger partial charge is 0.0654 e. The fraction of sp³-hybridized carbons (Fsp3) is 0.184. The fourth-order valence-corrected chi connectivity index (χ4v) is 8.16. The van der Waals surface area contributed by atoms with Crippen LogP contribution in [-0.4, -0.2) is 0 Å². The van der Waals surface area contributed by atoms with E-state index in [2.05, 4.69) is 159 Å². The molecule has 8 aromatic carbocycles. The highest BCUT2D eigenvalue weighted by Gasteiger charge is 2.19. The number of hydrogen-bond acceptors (Lipinski definition) is 0. The van der Waals surface area contributed by atoms with Crippen molar-refractivity contribution in [2.24, 2.45) is 0 Å². The third-order valence-electron chi connectivity index (χ3n) is 10.7. The van der Waals surface area contributed by atoms with Crippen LogP contribution in [0.15, 0.2) is 146 Å². The summed E-state index contributed by atoms with van der Waals surface area (Å²) < 4.78 is 0.